The van der Waals surface area contributed by atoms with E-state index in [9.17, 15) is 9.90 Å². The van der Waals surface area contributed by atoms with Crippen LogP contribution in [0.3, 0.4) is 0 Å². The van der Waals surface area contributed by atoms with Crippen LogP contribution in [-0.2, 0) is 4.79 Å². The average molecular weight is 236 g/mol. The molecule has 2 atom stereocenters. The average Bonchev–Trinajstić information content (AvgIpc) is 2.34. The van der Waals surface area contributed by atoms with Crippen molar-refractivity contribution in [2.24, 2.45) is 0 Å². The van der Waals surface area contributed by atoms with E-state index in [-0.39, 0.29) is 11.8 Å². The summed E-state index contributed by atoms with van der Waals surface area (Å²) in [5, 5.41) is 12.1. The molecule has 4 heteroatoms. The molecular weight excluding hydrogens is 216 g/mol. The van der Waals surface area contributed by atoms with Gasteiger partial charge in [0.1, 0.15) is 0 Å². The third-order valence-electron chi connectivity index (χ3n) is 2.79. The summed E-state index contributed by atoms with van der Waals surface area (Å²) >= 11 is 0. The van der Waals surface area contributed by atoms with Gasteiger partial charge in [-0.25, -0.2) is 0 Å². The van der Waals surface area contributed by atoms with E-state index in [0.29, 0.717) is 18.7 Å². The third-order valence-corrected chi connectivity index (χ3v) is 2.79. The second-order valence-electron chi connectivity index (χ2n) is 4.20. The maximum Gasteiger partial charge on any atom is 0.227 e. The van der Waals surface area contributed by atoms with Gasteiger partial charge in [0.25, 0.3) is 0 Å². The molecule has 2 unspecified atom stereocenters. The number of nitrogens with two attached hydrogens (primary N) is 1. The van der Waals surface area contributed by atoms with Gasteiger partial charge in [0, 0.05) is 12.2 Å². The van der Waals surface area contributed by atoms with Crippen molar-refractivity contribution < 1.29 is 9.90 Å². The highest BCUT2D eigenvalue weighted by molar-refractivity contribution is 5.83. The number of hydrogen-bond acceptors (Lipinski definition) is 3. The zero-order chi connectivity index (χ0) is 12.8. The molecule has 0 saturated heterocycles. The van der Waals surface area contributed by atoms with Crippen molar-refractivity contribution in [3.8, 4) is 0 Å². The van der Waals surface area contributed by atoms with Gasteiger partial charge in [-0.15, -0.1) is 0 Å². The number of aliphatic hydroxyl groups is 1. The number of carbonyl (C=O) groups is 1. The molecular formula is C13H20N2O2. The van der Waals surface area contributed by atoms with Crippen LogP contribution in [-0.4, -0.2) is 23.7 Å². The minimum absolute atomic E-state index is 0.0944. The minimum Gasteiger partial charge on any atom is -0.399 e. The van der Waals surface area contributed by atoms with Crippen molar-refractivity contribution in [1.82, 2.24) is 5.32 Å². The summed E-state index contributed by atoms with van der Waals surface area (Å²) in [6.07, 6.45) is 0.152. The zero-order valence-corrected chi connectivity index (χ0v) is 10.3. The molecule has 17 heavy (non-hydrogen) atoms. The SMILES string of the molecule is CCC(O)CNC(=O)C(C)c1cccc(N)c1. The van der Waals surface area contributed by atoms with Crippen LogP contribution in [0.1, 0.15) is 31.7 Å². The highest BCUT2D eigenvalue weighted by Gasteiger charge is 2.15. The first-order chi connectivity index (χ1) is 8.04. The summed E-state index contributed by atoms with van der Waals surface area (Å²) in [5.74, 6) is -0.356. The summed E-state index contributed by atoms with van der Waals surface area (Å²) in [6, 6.07) is 7.28. The van der Waals surface area contributed by atoms with Crippen molar-refractivity contribution in [3.63, 3.8) is 0 Å². The number of nitrogens with one attached hydrogen (secondary N) is 1. The van der Waals surface area contributed by atoms with Crippen LogP contribution in [0, 0.1) is 0 Å². The number of hydrogen-bond donors (Lipinski definition) is 3. The van der Waals surface area contributed by atoms with Gasteiger partial charge in [-0.05, 0) is 31.0 Å². The lowest BCUT2D eigenvalue weighted by molar-refractivity contribution is -0.122. The first-order valence-corrected chi connectivity index (χ1v) is 5.85. The molecule has 1 rings (SSSR count). The van der Waals surface area contributed by atoms with E-state index in [1.165, 1.54) is 0 Å². The second-order valence-corrected chi connectivity index (χ2v) is 4.20. The lowest BCUT2D eigenvalue weighted by Gasteiger charge is -2.14. The maximum absolute atomic E-state index is 11.8. The summed E-state index contributed by atoms with van der Waals surface area (Å²) < 4.78 is 0. The van der Waals surface area contributed by atoms with Gasteiger partial charge in [0.05, 0.1) is 12.0 Å². The second kappa shape index (κ2) is 6.25. The molecule has 0 aromatic heterocycles. The summed E-state index contributed by atoms with van der Waals surface area (Å²) in [7, 11) is 0. The van der Waals surface area contributed by atoms with Crippen molar-refractivity contribution in [3.05, 3.63) is 29.8 Å². The van der Waals surface area contributed by atoms with Crippen molar-refractivity contribution in [2.45, 2.75) is 32.3 Å². The number of benzene rings is 1. The first kappa shape index (κ1) is 13.5. The molecule has 0 heterocycles. The van der Waals surface area contributed by atoms with Crippen molar-refractivity contribution >= 4 is 11.6 Å². The molecule has 0 spiro atoms. The van der Waals surface area contributed by atoms with Crippen LogP contribution in [0.4, 0.5) is 5.69 Å². The third kappa shape index (κ3) is 4.07. The number of carbonyl (C=O) groups excluding carboxylic acids is 1. The smallest absolute Gasteiger partial charge is 0.227 e. The van der Waals surface area contributed by atoms with Gasteiger partial charge in [0.2, 0.25) is 5.91 Å². The standard InChI is InChI=1S/C13H20N2O2/c1-3-12(16)8-15-13(17)9(2)10-5-4-6-11(14)7-10/h4-7,9,12,16H,3,8,14H2,1-2H3,(H,15,17). The Kier molecular flexibility index (Phi) is 4.97. The maximum atomic E-state index is 11.8. The van der Waals surface area contributed by atoms with E-state index in [4.69, 9.17) is 5.73 Å². The van der Waals surface area contributed by atoms with E-state index >= 15 is 0 Å². The fourth-order valence-corrected chi connectivity index (χ4v) is 1.50. The van der Waals surface area contributed by atoms with Gasteiger partial charge in [-0.2, -0.15) is 0 Å². The number of nitrogen functional groups attached to an aromatic ring is 1. The van der Waals surface area contributed by atoms with Gasteiger partial charge in [0.15, 0.2) is 0 Å². The Labute approximate surface area is 102 Å². The molecule has 0 saturated carbocycles. The first-order valence-electron chi connectivity index (χ1n) is 5.85. The largest absolute Gasteiger partial charge is 0.399 e. The Hall–Kier alpha value is -1.55. The Morgan fingerprint density at radius 3 is 2.82 bits per heavy atom. The predicted molar refractivity (Wildman–Crippen MR) is 68.6 cm³/mol. The molecule has 0 aliphatic rings. The van der Waals surface area contributed by atoms with E-state index < -0.39 is 6.10 Å². The Balaban J connectivity index is 2.57. The molecule has 0 fully saturated rings. The van der Waals surface area contributed by atoms with E-state index in [0.717, 1.165) is 5.56 Å². The molecule has 4 nitrogen and oxygen atoms in total. The quantitative estimate of drug-likeness (QED) is 0.674. The summed E-state index contributed by atoms with van der Waals surface area (Å²) in [5.41, 5.74) is 7.20. The Morgan fingerprint density at radius 2 is 2.24 bits per heavy atom. The zero-order valence-electron chi connectivity index (χ0n) is 10.3. The van der Waals surface area contributed by atoms with Crippen LogP contribution < -0.4 is 11.1 Å². The number of aliphatic hydroxyl groups excluding tert-OH is 1. The van der Waals surface area contributed by atoms with Crippen LogP contribution >= 0.6 is 0 Å². The number of amides is 1. The van der Waals surface area contributed by atoms with E-state index in [1.54, 1.807) is 12.1 Å². The molecule has 0 aliphatic carbocycles. The lowest BCUT2D eigenvalue weighted by atomic mass is 10.00. The van der Waals surface area contributed by atoms with Crippen LogP contribution in [0.5, 0.6) is 0 Å². The lowest BCUT2D eigenvalue weighted by Crippen LogP contribution is -2.34. The molecule has 1 amide bonds. The minimum atomic E-state index is -0.480. The summed E-state index contributed by atoms with van der Waals surface area (Å²) in [6.45, 7) is 3.99. The van der Waals surface area contributed by atoms with Crippen LogP contribution in [0.15, 0.2) is 24.3 Å². The van der Waals surface area contributed by atoms with E-state index in [1.807, 2.05) is 26.0 Å². The summed E-state index contributed by atoms with van der Waals surface area (Å²) in [4.78, 5) is 11.8. The Bertz CT molecular complexity index is 379. The number of anilines is 1. The molecule has 0 bridgehead atoms. The van der Waals surface area contributed by atoms with Crippen LogP contribution in [0.25, 0.3) is 0 Å². The highest BCUT2D eigenvalue weighted by Crippen LogP contribution is 2.17. The van der Waals surface area contributed by atoms with Crippen molar-refractivity contribution in [2.75, 3.05) is 12.3 Å². The molecule has 0 radical (unpaired) electrons. The normalized spacial score (nSPS) is 14.1. The van der Waals surface area contributed by atoms with Gasteiger partial charge >= 0.3 is 0 Å². The molecule has 94 valence electrons. The number of rotatable bonds is 5. The monoisotopic (exact) mass is 236 g/mol. The molecule has 1 aromatic rings. The van der Waals surface area contributed by atoms with E-state index in [2.05, 4.69) is 5.32 Å². The Morgan fingerprint density at radius 1 is 1.53 bits per heavy atom. The van der Waals surface area contributed by atoms with Gasteiger partial charge in [-0.3, -0.25) is 4.79 Å². The molecule has 0 aliphatic heterocycles. The molecule has 4 N–H and O–H groups in total. The van der Waals surface area contributed by atoms with Crippen LogP contribution in [0.2, 0.25) is 0 Å². The predicted octanol–water partition coefficient (Wildman–Crippen LogP) is 1.26. The fraction of sp³-hybridized carbons (Fsp3) is 0.462. The van der Waals surface area contributed by atoms with Gasteiger partial charge in [-0.1, -0.05) is 19.1 Å². The topological polar surface area (TPSA) is 75.3 Å². The fourth-order valence-electron chi connectivity index (χ4n) is 1.50. The molecule has 1 aromatic carbocycles. The highest BCUT2D eigenvalue weighted by atomic mass is 16.3. The van der Waals surface area contributed by atoms with Crippen molar-refractivity contribution in [1.29, 1.82) is 0 Å². The van der Waals surface area contributed by atoms with Gasteiger partial charge < -0.3 is 16.2 Å².